The fraction of sp³-hybridized carbons (Fsp3) is 0.0667. The van der Waals surface area contributed by atoms with Crippen molar-refractivity contribution in [3.05, 3.63) is 65.0 Å². The lowest BCUT2D eigenvalue weighted by atomic mass is 9.99. The zero-order valence-corrected chi connectivity index (χ0v) is 11.4. The SMILES string of the molecule is CS(=O)c1ccc(C(=O)c2cc(F)ccc2C=O)cc1. The lowest BCUT2D eigenvalue weighted by Crippen LogP contribution is -2.06. The summed E-state index contributed by atoms with van der Waals surface area (Å²) in [5.74, 6) is -1.02. The molecule has 0 amide bonds. The van der Waals surface area contributed by atoms with Crippen LogP contribution < -0.4 is 0 Å². The molecule has 3 nitrogen and oxygen atoms in total. The van der Waals surface area contributed by atoms with E-state index in [1.165, 1.54) is 24.5 Å². The van der Waals surface area contributed by atoms with Gasteiger partial charge < -0.3 is 0 Å². The predicted octanol–water partition coefficient (Wildman–Crippen LogP) is 2.61. The van der Waals surface area contributed by atoms with Crippen molar-refractivity contribution in [2.75, 3.05) is 6.26 Å². The van der Waals surface area contributed by atoms with Crippen molar-refractivity contribution in [1.82, 2.24) is 0 Å². The number of hydrogen-bond acceptors (Lipinski definition) is 3. The standard InChI is InChI=1S/C15H11FO3S/c1-20(19)13-6-3-10(4-7-13)15(18)14-8-12(16)5-2-11(14)9-17/h2-9H,1H3. The van der Waals surface area contributed by atoms with Gasteiger partial charge in [-0.2, -0.15) is 0 Å². The van der Waals surface area contributed by atoms with E-state index in [2.05, 4.69) is 0 Å². The van der Waals surface area contributed by atoms with Crippen LogP contribution in [-0.2, 0) is 10.8 Å². The first-order valence-corrected chi connectivity index (χ1v) is 7.31. The Kier molecular flexibility index (Phi) is 4.20. The summed E-state index contributed by atoms with van der Waals surface area (Å²) >= 11 is 0. The van der Waals surface area contributed by atoms with Crippen molar-refractivity contribution in [3.8, 4) is 0 Å². The molecule has 0 heterocycles. The molecule has 0 N–H and O–H groups in total. The summed E-state index contributed by atoms with van der Waals surface area (Å²) in [4.78, 5) is 23.8. The Hall–Kier alpha value is -2.14. The Bertz CT molecular complexity index is 693. The van der Waals surface area contributed by atoms with Crippen LogP contribution in [0, 0.1) is 5.82 Å². The van der Waals surface area contributed by atoms with Crippen molar-refractivity contribution in [2.45, 2.75) is 4.90 Å². The van der Waals surface area contributed by atoms with Gasteiger partial charge in [-0.3, -0.25) is 13.8 Å². The third-order valence-corrected chi connectivity index (χ3v) is 3.77. The highest BCUT2D eigenvalue weighted by Crippen LogP contribution is 2.16. The molecule has 0 aliphatic rings. The van der Waals surface area contributed by atoms with Crippen molar-refractivity contribution in [3.63, 3.8) is 0 Å². The lowest BCUT2D eigenvalue weighted by molar-refractivity contribution is 0.102. The maximum Gasteiger partial charge on any atom is 0.193 e. The van der Waals surface area contributed by atoms with Crippen molar-refractivity contribution >= 4 is 22.9 Å². The predicted molar refractivity (Wildman–Crippen MR) is 74.0 cm³/mol. The molecule has 0 aromatic heterocycles. The zero-order valence-electron chi connectivity index (χ0n) is 10.6. The summed E-state index contributed by atoms with van der Waals surface area (Å²) in [5.41, 5.74) is 0.470. The summed E-state index contributed by atoms with van der Waals surface area (Å²) in [6.07, 6.45) is 2.05. The van der Waals surface area contributed by atoms with Crippen LogP contribution in [0.25, 0.3) is 0 Å². The molecule has 20 heavy (non-hydrogen) atoms. The fourth-order valence-corrected chi connectivity index (χ4v) is 2.30. The molecule has 102 valence electrons. The van der Waals surface area contributed by atoms with E-state index in [9.17, 15) is 18.2 Å². The van der Waals surface area contributed by atoms with E-state index in [-0.39, 0.29) is 11.1 Å². The van der Waals surface area contributed by atoms with Gasteiger partial charge in [-0.05, 0) is 42.5 Å². The molecule has 0 aliphatic carbocycles. The Morgan fingerprint density at radius 2 is 1.80 bits per heavy atom. The van der Waals surface area contributed by atoms with Crippen LogP contribution in [-0.4, -0.2) is 22.5 Å². The first-order valence-electron chi connectivity index (χ1n) is 5.76. The number of carbonyl (C=O) groups is 2. The third-order valence-electron chi connectivity index (χ3n) is 2.84. The van der Waals surface area contributed by atoms with Gasteiger partial charge in [0.2, 0.25) is 0 Å². The topological polar surface area (TPSA) is 51.2 Å². The smallest absolute Gasteiger partial charge is 0.193 e. The second-order valence-electron chi connectivity index (χ2n) is 4.16. The quantitative estimate of drug-likeness (QED) is 0.642. The Morgan fingerprint density at radius 3 is 2.35 bits per heavy atom. The number of ketones is 1. The van der Waals surface area contributed by atoms with Crippen LogP contribution in [0.2, 0.25) is 0 Å². The number of halogens is 1. The maximum atomic E-state index is 13.2. The van der Waals surface area contributed by atoms with Crippen LogP contribution in [0.1, 0.15) is 26.3 Å². The monoisotopic (exact) mass is 290 g/mol. The van der Waals surface area contributed by atoms with E-state index >= 15 is 0 Å². The highest BCUT2D eigenvalue weighted by atomic mass is 32.2. The lowest BCUT2D eigenvalue weighted by Gasteiger charge is -2.05. The Balaban J connectivity index is 2.43. The molecule has 2 rings (SSSR count). The minimum Gasteiger partial charge on any atom is -0.298 e. The fourth-order valence-electron chi connectivity index (χ4n) is 1.78. The maximum absolute atomic E-state index is 13.2. The van der Waals surface area contributed by atoms with E-state index < -0.39 is 22.4 Å². The number of rotatable bonds is 4. The highest BCUT2D eigenvalue weighted by Gasteiger charge is 2.14. The highest BCUT2D eigenvalue weighted by molar-refractivity contribution is 7.84. The normalized spacial score (nSPS) is 11.9. The summed E-state index contributed by atoms with van der Waals surface area (Å²) in [6, 6.07) is 9.61. The molecular formula is C15H11FO3S. The van der Waals surface area contributed by atoms with Crippen molar-refractivity contribution in [1.29, 1.82) is 0 Å². The first-order chi connectivity index (χ1) is 9.52. The van der Waals surface area contributed by atoms with Crippen molar-refractivity contribution < 1.29 is 18.2 Å². The molecule has 0 aliphatic heterocycles. The Labute approximate surface area is 117 Å². The molecule has 1 unspecified atom stereocenters. The van der Waals surface area contributed by atoms with Gasteiger partial charge in [-0.1, -0.05) is 0 Å². The Morgan fingerprint density at radius 1 is 1.15 bits per heavy atom. The molecule has 2 aromatic carbocycles. The van der Waals surface area contributed by atoms with Crippen LogP contribution in [0.5, 0.6) is 0 Å². The van der Waals surface area contributed by atoms with E-state index in [0.29, 0.717) is 16.7 Å². The molecule has 0 bridgehead atoms. The second-order valence-corrected chi connectivity index (χ2v) is 5.54. The van der Waals surface area contributed by atoms with Crippen LogP contribution in [0.15, 0.2) is 47.4 Å². The van der Waals surface area contributed by atoms with Gasteiger partial charge in [0.15, 0.2) is 12.1 Å². The summed E-state index contributed by atoms with van der Waals surface area (Å²) in [7, 11) is -1.13. The van der Waals surface area contributed by atoms with Gasteiger partial charge in [0.1, 0.15) is 5.82 Å². The number of carbonyl (C=O) groups excluding carboxylic acids is 2. The van der Waals surface area contributed by atoms with Crippen LogP contribution in [0.4, 0.5) is 4.39 Å². The molecule has 2 aromatic rings. The average Bonchev–Trinajstić information content (AvgIpc) is 2.46. The molecule has 0 fully saturated rings. The molecule has 0 saturated heterocycles. The summed E-state index contributed by atoms with van der Waals surface area (Å²) in [5, 5.41) is 0. The number of hydrogen-bond donors (Lipinski definition) is 0. The van der Waals surface area contributed by atoms with Gasteiger partial charge in [0.25, 0.3) is 0 Å². The first kappa shape index (κ1) is 14.3. The van der Waals surface area contributed by atoms with Gasteiger partial charge in [-0.25, -0.2) is 4.39 Å². The molecule has 1 atom stereocenters. The molecule has 5 heteroatoms. The molecule has 0 radical (unpaired) electrons. The van der Waals surface area contributed by atoms with Crippen LogP contribution in [0.3, 0.4) is 0 Å². The van der Waals surface area contributed by atoms with Gasteiger partial charge >= 0.3 is 0 Å². The molecular weight excluding hydrogens is 279 g/mol. The largest absolute Gasteiger partial charge is 0.298 e. The van der Waals surface area contributed by atoms with E-state index in [4.69, 9.17) is 0 Å². The number of aldehydes is 1. The van der Waals surface area contributed by atoms with E-state index in [1.54, 1.807) is 12.1 Å². The summed E-state index contributed by atoms with van der Waals surface area (Å²) in [6.45, 7) is 0. The van der Waals surface area contributed by atoms with Crippen molar-refractivity contribution in [2.24, 2.45) is 0 Å². The number of benzene rings is 2. The van der Waals surface area contributed by atoms with Gasteiger partial charge in [0.05, 0.1) is 0 Å². The average molecular weight is 290 g/mol. The van der Waals surface area contributed by atoms with E-state index in [0.717, 1.165) is 12.1 Å². The second kappa shape index (κ2) is 5.88. The molecule has 0 spiro atoms. The minimum atomic E-state index is -1.13. The van der Waals surface area contributed by atoms with Gasteiger partial charge in [-0.15, -0.1) is 0 Å². The minimum absolute atomic E-state index is 0.0189. The summed E-state index contributed by atoms with van der Waals surface area (Å²) < 4.78 is 24.5. The zero-order chi connectivity index (χ0) is 14.7. The van der Waals surface area contributed by atoms with E-state index in [1.807, 2.05) is 0 Å². The van der Waals surface area contributed by atoms with Crippen LogP contribution >= 0.6 is 0 Å². The third kappa shape index (κ3) is 2.88. The molecule has 0 saturated carbocycles. The van der Waals surface area contributed by atoms with Gasteiger partial charge in [0, 0.05) is 38.6 Å².